The van der Waals surface area contributed by atoms with Gasteiger partial charge in [-0.1, -0.05) is 43.7 Å². The van der Waals surface area contributed by atoms with E-state index in [1.807, 2.05) is 24.3 Å². The minimum Gasteiger partial charge on any atom is -0.493 e. The number of hydrogen-bond acceptors (Lipinski definition) is 6. The molecule has 1 N–H and O–H groups in total. The number of azo groups is 1. The fourth-order valence-corrected chi connectivity index (χ4v) is 3.19. The second kappa shape index (κ2) is 10.4. The molecule has 0 atom stereocenters. The van der Waals surface area contributed by atoms with Crippen molar-refractivity contribution >= 4 is 28.5 Å². The molecule has 2 aromatic carbocycles. The maximum atomic E-state index is 12.1. The first kappa shape index (κ1) is 22.0. The summed E-state index contributed by atoms with van der Waals surface area (Å²) >= 11 is 0. The van der Waals surface area contributed by atoms with Gasteiger partial charge >= 0.3 is 11.9 Å². The van der Waals surface area contributed by atoms with Crippen molar-refractivity contribution in [1.29, 1.82) is 0 Å². The minimum atomic E-state index is -0.598. The third-order valence-corrected chi connectivity index (χ3v) is 4.60. The number of carbonyl (C=O) groups excluding carboxylic acids is 2. The fourth-order valence-electron chi connectivity index (χ4n) is 3.19. The van der Waals surface area contributed by atoms with Gasteiger partial charge in [0.1, 0.15) is 12.3 Å². The second-order valence-corrected chi connectivity index (χ2v) is 6.86. The van der Waals surface area contributed by atoms with Crippen LogP contribution in [0.2, 0.25) is 0 Å². The van der Waals surface area contributed by atoms with E-state index in [0.29, 0.717) is 16.7 Å². The summed E-state index contributed by atoms with van der Waals surface area (Å²) in [6.45, 7) is 3.60. The normalized spacial score (nSPS) is 11.2. The molecule has 1 heterocycles. The maximum absolute atomic E-state index is 12.1. The van der Waals surface area contributed by atoms with E-state index < -0.39 is 11.9 Å². The van der Waals surface area contributed by atoms with E-state index in [0.717, 1.165) is 12.8 Å². The number of fused-ring (bicyclic) bond motifs is 1. The molecule has 0 aliphatic heterocycles. The predicted molar refractivity (Wildman–Crippen MR) is 116 cm³/mol. The van der Waals surface area contributed by atoms with Crippen molar-refractivity contribution in [3.8, 4) is 11.6 Å². The van der Waals surface area contributed by atoms with E-state index in [1.54, 1.807) is 31.2 Å². The van der Waals surface area contributed by atoms with Crippen molar-refractivity contribution in [3.63, 3.8) is 0 Å². The Hall–Kier alpha value is -3.68. The summed E-state index contributed by atoms with van der Waals surface area (Å²) in [6, 6.07) is 14.5. The van der Waals surface area contributed by atoms with Gasteiger partial charge in [0, 0.05) is 5.39 Å². The van der Waals surface area contributed by atoms with Crippen molar-refractivity contribution in [2.75, 3.05) is 13.2 Å². The number of carbonyl (C=O) groups is 2. The molecule has 0 saturated carbocycles. The quantitative estimate of drug-likeness (QED) is 0.402. The van der Waals surface area contributed by atoms with Crippen LogP contribution in [-0.2, 0) is 27.3 Å². The average Bonchev–Trinajstić information content (AvgIpc) is 3.03. The maximum Gasteiger partial charge on any atom is 0.326 e. The van der Waals surface area contributed by atoms with Crippen LogP contribution in [0, 0.1) is 0 Å². The molecule has 1 amide bonds. The van der Waals surface area contributed by atoms with Crippen LogP contribution < -0.4 is 4.74 Å². The highest BCUT2D eigenvalue weighted by atomic mass is 16.5. The number of ether oxygens (including phenoxy) is 2. The molecule has 0 radical (unpaired) electrons. The lowest BCUT2D eigenvalue weighted by molar-refractivity contribution is -0.143. The molecule has 0 bridgehead atoms. The van der Waals surface area contributed by atoms with Crippen LogP contribution in [-0.4, -0.2) is 34.8 Å². The highest BCUT2D eigenvalue weighted by molar-refractivity contribution is 5.96. The molecule has 0 saturated heterocycles. The Bertz CT molecular complexity index is 1090. The van der Waals surface area contributed by atoms with E-state index in [1.165, 1.54) is 10.1 Å². The summed E-state index contributed by atoms with van der Waals surface area (Å²) in [6.07, 6.45) is 2.04. The van der Waals surface area contributed by atoms with Crippen molar-refractivity contribution in [1.82, 2.24) is 4.57 Å². The summed E-state index contributed by atoms with van der Waals surface area (Å²) in [5.74, 6) is -0.786. The lowest BCUT2D eigenvalue weighted by Gasteiger charge is -2.06. The Kier molecular flexibility index (Phi) is 7.37. The minimum absolute atomic E-state index is 0.108. The van der Waals surface area contributed by atoms with Crippen LogP contribution in [0.25, 0.3) is 10.9 Å². The molecule has 0 fully saturated rings. The van der Waals surface area contributed by atoms with Gasteiger partial charge in [-0.15, -0.1) is 10.2 Å². The van der Waals surface area contributed by atoms with E-state index in [2.05, 4.69) is 17.2 Å². The second-order valence-electron chi connectivity index (χ2n) is 6.86. The molecule has 0 spiro atoms. The summed E-state index contributed by atoms with van der Waals surface area (Å²) in [7, 11) is 0. The van der Waals surface area contributed by atoms with Crippen LogP contribution in [0.15, 0.2) is 58.8 Å². The van der Waals surface area contributed by atoms with Gasteiger partial charge in [-0.2, -0.15) is 0 Å². The van der Waals surface area contributed by atoms with Gasteiger partial charge in [-0.25, -0.2) is 0 Å². The van der Waals surface area contributed by atoms with Crippen molar-refractivity contribution < 1.29 is 24.2 Å². The van der Waals surface area contributed by atoms with Gasteiger partial charge in [-0.05, 0) is 37.1 Å². The van der Waals surface area contributed by atoms with E-state index >= 15 is 0 Å². The zero-order valence-electron chi connectivity index (χ0n) is 17.6. The number of aromatic hydroxyl groups is 1. The Morgan fingerprint density at radius 2 is 1.81 bits per heavy atom. The van der Waals surface area contributed by atoms with Crippen molar-refractivity contribution in [2.24, 2.45) is 10.2 Å². The Morgan fingerprint density at radius 1 is 1.06 bits per heavy atom. The molecule has 8 heteroatoms. The highest BCUT2D eigenvalue weighted by Gasteiger charge is 2.19. The summed E-state index contributed by atoms with van der Waals surface area (Å²) < 4.78 is 11.8. The summed E-state index contributed by atoms with van der Waals surface area (Å²) in [5.41, 5.74) is 1.89. The number of rotatable bonds is 9. The average molecular weight is 423 g/mol. The van der Waals surface area contributed by atoms with Crippen LogP contribution >= 0.6 is 0 Å². The lowest BCUT2D eigenvalue weighted by atomic mass is 10.1. The van der Waals surface area contributed by atoms with Crippen LogP contribution in [0.4, 0.5) is 5.69 Å². The molecule has 3 rings (SSSR count). The monoisotopic (exact) mass is 423 g/mol. The van der Waals surface area contributed by atoms with Gasteiger partial charge in [0.25, 0.3) is 0 Å². The smallest absolute Gasteiger partial charge is 0.326 e. The summed E-state index contributed by atoms with van der Waals surface area (Å²) in [5, 5.41) is 18.7. The standard InChI is InChI=1S/C23H25N3O5/c1-3-7-16-10-12-17(13-11-16)31-15-20(27)24-25-22-18-8-5-6-9-19(18)26(23(22)29)14-21(28)30-4-2/h5-6,8-13,29H,3-4,7,14-15H2,1-2H3. The highest BCUT2D eigenvalue weighted by Crippen LogP contribution is 2.38. The van der Waals surface area contributed by atoms with Crippen LogP contribution in [0.3, 0.4) is 0 Å². The zero-order valence-corrected chi connectivity index (χ0v) is 17.6. The Morgan fingerprint density at radius 3 is 2.52 bits per heavy atom. The lowest BCUT2D eigenvalue weighted by Crippen LogP contribution is -2.12. The number of aromatic nitrogens is 1. The molecule has 8 nitrogen and oxygen atoms in total. The van der Waals surface area contributed by atoms with Gasteiger partial charge in [0.15, 0.2) is 12.3 Å². The number of aryl methyl sites for hydroxylation is 1. The van der Waals surface area contributed by atoms with Crippen molar-refractivity contribution in [3.05, 3.63) is 54.1 Å². The first-order valence-electron chi connectivity index (χ1n) is 10.2. The van der Waals surface area contributed by atoms with Gasteiger partial charge in [0.05, 0.1) is 12.1 Å². The molecule has 0 unspecified atom stereocenters. The predicted octanol–water partition coefficient (Wildman–Crippen LogP) is 4.55. The largest absolute Gasteiger partial charge is 0.493 e. The first-order valence-corrected chi connectivity index (χ1v) is 10.2. The number of benzene rings is 2. The number of esters is 1. The SMILES string of the molecule is CCCc1ccc(OCC(=O)N=Nc2c(O)n(CC(=O)OCC)c3ccccc23)cc1. The molecule has 3 aromatic rings. The van der Waals surface area contributed by atoms with Gasteiger partial charge in [0.2, 0.25) is 5.88 Å². The van der Waals surface area contributed by atoms with E-state index in [9.17, 15) is 14.7 Å². The van der Waals surface area contributed by atoms with Crippen LogP contribution in [0.1, 0.15) is 25.8 Å². The molecule has 31 heavy (non-hydrogen) atoms. The first-order chi connectivity index (χ1) is 15.0. The number of amides is 1. The Balaban J connectivity index is 1.72. The molecular weight excluding hydrogens is 398 g/mol. The topological polar surface area (TPSA) is 102 Å². The number of nitrogens with zero attached hydrogens (tertiary/aromatic N) is 3. The van der Waals surface area contributed by atoms with Crippen LogP contribution in [0.5, 0.6) is 11.6 Å². The van der Waals surface area contributed by atoms with Crippen molar-refractivity contribution in [2.45, 2.75) is 33.2 Å². The zero-order chi connectivity index (χ0) is 22.2. The van der Waals surface area contributed by atoms with Gasteiger partial charge in [-0.3, -0.25) is 14.2 Å². The molecular formula is C23H25N3O5. The summed E-state index contributed by atoms with van der Waals surface area (Å²) in [4.78, 5) is 24.0. The third kappa shape index (κ3) is 5.48. The van der Waals surface area contributed by atoms with Gasteiger partial charge < -0.3 is 14.6 Å². The number of hydrogen-bond donors (Lipinski definition) is 1. The molecule has 162 valence electrons. The number of para-hydroxylation sites is 1. The molecule has 0 aliphatic rings. The molecule has 0 aliphatic carbocycles. The van der Waals surface area contributed by atoms with E-state index in [4.69, 9.17) is 9.47 Å². The Labute approximate surface area is 180 Å². The fraction of sp³-hybridized carbons (Fsp3) is 0.304. The molecule has 1 aromatic heterocycles. The third-order valence-electron chi connectivity index (χ3n) is 4.60. The van der Waals surface area contributed by atoms with E-state index in [-0.39, 0.29) is 31.3 Å².